The Morgan fingerprint density at radius 3 is 2.68 bits per heavy atom. The van der Waals surface area contributed by atoms with Crippen molar-refractivity contribution in [3.8, 4) is 0 Å². The molecule has 22 heavy (non-hydrogen) atoms. The van der Waals surface area contributed by atoms with Crippen molar-refractivity contribution >= 4 is 21.6 Å². The molecule has 0 radical (unpaired) electrons. The van der Waals surface area contributed by atoms with Crippen molar-refractivity contribution in [2.24, 2.45) is 0 Å². The molecule has 2 rings (SSSR count). The second-order valence-corrected chi connectivity index (χ2v) is 7.10. The van der Waals surface area contributed by atoms with Gasteiger partial charge in [-0.1, -0.05) is 23.7 Å². The van der Waals surface area contributed by atoms with Gasteiger partial charge in [0.25, 0.3) is 0 Å². The maximum Gasteiger partial charge on any atom is 0.243 e. The van der Waals surface area contributed by atoms with Gasteiger partial charge in [-0.25, -0.2) is 8.42 Å². The molecule has 0 aliphatic rings. The first-order valence-electron chi connectivity index (χ1n) is 6.72. The van der Waals surface area contributed by atoms with Gasteiger partial charge in [0.1, 0.15) is 0 Å². The second kappa shape index (κ2) is 7.19. The summed E-state index contributed by atoms with van der Waals surface area (Å²) in [6.45, 7) is 1.54. The number of pyridine rings is 1. The molecule has 0 amide bonds. The number of benzene rings is 1. The normalized spacial score (nSPS) is 11.8. The third-order valence-electron chi connectivity index (χ3n) is 3.27. The summed E-state index contributed by atoms with van der Waals surface area (Å²) < 4.78 is 26.9. The Labute approximate surface area is 135 Å². The zero-order chi connectivity index (χ0) is 16.2. The first kappa shape index (κ1) is 16.9. The van der Waals surface area contributed by atoms with Gasteiger partial charge in [-0.15, -0.1) is 0 Å². The van der Waals surface area contributed by atoms with E-state index in [4.69, 9.17) is 11.6 Å². The Morgan fingerprint density at radius 2 is 2.05 bits per heavy atom. The number of hydrogen-bond donors (Lipinski definition) is 1. The van der Waals surface area contributed by atoms with Crippen LogP contribution in [0, 0.1) is 6.92 Å². The molecule has 1 aromatic carbocycles. The zero-order valence-electron chi connectivity index (χ0n) is 12.1. The molecule has 7 heteroatoms. The fourth-order valence-electron chi connectivity index (χ4n) is 2.10. The largest absolute Gasteiger partial charge is 0.395 e. The zero-order valence-corrected chi connectivity index (χ0v) is 13.7. The molecule has 0 unspecified atom stereocenters. The molecule has 0 atom stereocenters. The maximum absolute atomic E-state index is 12.8. The van der Waals surface area contributed by atoms with E-state index in [0.29, 0.717) is 10.6 Å². The summed E-state index contributed by atoms with van der Waals surface area (Å²) in [6.07, 6.45) is 3.22. The number of aliphatic hydroxyl groups is 1. The minimum absolute atomic E-state index is 0.00316. The number of aliphatic hydroxyl groups excluding tert-OH is 1. The van der Waals surface area contributed by atoms with Crippen LogP contribution in [0.3, 0.4) is 0 Å². The third-order valence-corrected chi connectivity index (χ3v) is 5.67. The molecular formula is C15H17ClN2O3S. The predicted molar refractivity (Wildman–Crippen MR) is 85.1 cm³/mol. The van der Waals surface area contributed by atoms with Crippen molar-refractivity contribution in [3.05, 3.63) is 58.9 Å². The lowest BCUT2D eigenvalue weighted by Gasteiger charge is -2.22. The van der Waals surface area contributed by atoms with E-state index in [1.165, 1.54) is 10.4 Å². The topological polar surface area (TPSA) is 70.5 Å². The van der Waals surface area contributed by atoms with Crippen LogP contribution >= 0.6 is 11.6 Å². The SMILES string of the molecule is Cc1c(Cl)cccc1S(=O)(=O)N(CCO)Cc1cccnc1. The van der Waals surface area contributed by atoms with Crippen LogP contribution in [0.1, 0.15) is 11.1 Å². The second-order valence-electron chi connectivity index (χ2n) is 4.79. The highest BCUT2D eigenvalue weighted by Gasteiger charge is 2.26. The average Bonchev–Trinajstić information content (AvgIpc) is 2.50. The number of rotatable bonds is 6. The number of nitrogens with zero attached hydrogens (tertiary/aromatic N) is 2. The summed E-state index contributed by atoms with van der Waals surface area (Å²) in [5, 5.41) is 9.60. The van der Waals surface area contributed by atoms with E-state index in [2.05, 4.69) is 4.98 Å². The molecule has 0 aliphatic carbocycles. The molecular weight excluding hydrogens is 324 g/mol. The molecule has 0 spiro atoms. The molecule has 1 heterocycles. The smallest absolute Gasteiger partial charge is 0.243 e. The van der Waals surface area contributed by atoms with Crippen molar-refractivity contribution in [3.63, 3.8) is 0 Å². The fraction of sp³-hybridized carbons (Fsp3) is 0.267. The minimum Gasteiger partial charge on any atom is -0.395 e. The van der Waals surface area contributed by atoms with Crippen LogP contribution in [-0.4, -0.2) is 36.0 Å². The molecule has 0 aliphatic heterocycles. The van der Waals surface area contributed by atoms with Gasteiger partial charge in [-0.3, -0.25) is 4.98 Å². The van der Waals surface area contributed by atoms with E-state index in [1.807, 2.05) is 0 Å². The Morgan fingerprint density at radius 1 is 1.27 bits per heavy atom. The fourth-order valence-corrected chi connectivity index (χ4v) is 3.99. The Kier molecular flexibility index (Phi) is 5.52. The van der Waals surface area contributed by atoms with Gasteiger partial charge >= 0.3 is 0 Å². The monoisotopic (exact) mass is 340 g/mol. The molecule has 0 saturated heterocycles. The lowest BCUT2D eigenvalue weighted by molar-refractivity contribution is 0.251. The van der Waals surface area contributed by atoms with Crippen molar-refractivity contribution in [1.82, 2.24) is 9.29 Å². The quantitative estimate of drug-likeness (QED) is 0.875. The Hall–Kier alpha value is -1.47. The Balaban J connectivity index is 2.40. The van der Waals surface area contributed by atoms with E-state index in [0.717, 1.165) is 5.56 Å². The van der Waals surface area contributed by atoms with E-state index in [1.54, 1.807) is 43.6 Å². The predicted octanol–water partition coefficient (Wildman–Crippen LogP) is 2.23. The lowest BCUT2D eigenvalue weighted by Crippen LogP contribution is -2.33. The standard InChI is InChI=1S/C15H17ClN2O3S/c1-12-14(16)5-2-6-15(12)22(20,21)18(8-9-19)11-13-4-3-7-17-10-13/h2-7,10,19H,8-9,11H2,1H3. The minimum atomic E-state index is -3.75. The lowest BCUT2D eigenvalue weighted by atomic mass is 10.2. The van der Waals surface area contributed by atoms with E-state index < -0.39 is 10.0 Å². The van der Waals surface area contributed by atoms with Gasteiger partial charge in [-0.05, 0) is 36.2 Å². The van der Waals surface area contributed by atoms with Crippen LogP contribution in [-0.2, 0) is 16.6 Å². The first-order chi connectivity index (χ1) is 10.5. The van der Waals surface area contributed by atoms with Gasteiger partial charge in [-0.2, -0.15) is 4.31 Å². The molecule has 5 nitrogen and oxygen atoms in total. The van der Waals surface area contributed by atoms with Crippen molar-refractivity contribution in [2.45, 2.75) is 18.4 Å². The van der Waals surface area contributed by atoms with Crippen molar-refractivity contribution in [2.75, 3.05) is 13.2 Å². The highest BCUT2D eigenvalue weighted by atomic mass is 35.5. The van der Waals surface area contributed by atoms with Gasteiger partial charge in [0.15, 0.2) is 0 Å². The molecule has 0 saturated carbocycles. The number of hydrogen-bond acceptors (Lipinski definition) is 4. The molecule has 2 aromatic rings. The van der Waals surface area contributed by atoms with E-state index >= 15 is 0 Å². The van der Waals surface area contributed by atoms with Crippen LogP contribution in [0.2, 0.25) is 5.02 Å². The van der Waals surface area contributed by atoms with Crippen LogP contribution in [0.15, 0.2) is 47.6 Å². The van der Waals surface area contributed by atoms with Gasteiger partial charge in [0, 0.05) is 30.5 Å². The number of aromatic nitrogens is 1. The average molecular weight is 341 g/mol. The van der Waals surface area contributed by atoms with E-state index in [-0.39, 0.29) is 24.6 Å². The van der Waals surface area contributed by atoms with Crippen LogP contribution in [0.5, 0.6) is 0 Å². The summed E-state index contributed by atoms with van der Waals surface area (Å²) in [4.78, 5) is 4.13. The van der Waals surface area contributed by atoms with Crippen LogP contribution < -0.4 is 0 Å². The van der Waals surface area contributed by atoms with E-state index in [9.17, 15) is 13.5 Å². The highest BCUT2D eigenvalue weighted by Crippen LogP contribution is 2.26. The molecule has 0 fully saturated rings. The summed E-state index contributed by atoms with van der Waals surface area (Å²) in [5.74, 6) is 0. The van der Waals surface area contributed by atoms with Gasteiger partial charge in [0.05, 0.1) is 11.5 Å². The Bertz CT molecular complexity index is 736. The number of halogens is 1. The summed E-state index contributed by atoms with van der Waals surface area (Å²) >= 11 is 6.02. The molecule has 1 aromatic heterocycles. The number of sulfonamides is 1. The van der Waals surface area contributed by atoms with Crippen LogP contribution in [0.25, 0.3) is 0 Å². The van der Waals surface area contributed by atoms with Crippen molar-refractivity contribution in [1.29, 1.82) is 0 Å². The van der Waals surface area contributed by atoms with Crippen LogP contribution in [0.4, 0.5) is 0 Å². The maximum atomic E-state index is 12.8. The summed E-state index contributed by atoms with van der Waals surface area (Å²) in [6, 6.07) is 8.29. The van der Waals surface area contributed by atoms with Gasteiger partial charge in [0.2, 0.25) is 10.0 Å². The molecule has 118 valence electrons. The highest BCUT2D eigenvalue weighted by molar-refractivity contribution is 7.89. The third kappa shape index (κ3) is 3.64. The molecule has 1 N–H and O–H groups in total. The summed E-state index contributed by atoms with van der Waals surface area (Å²) in [7, 11) is -3.75. The molecule has 0 bridgehead atoms. The summed E-state index contributed by atoms with van der Waals surface area (Å²) in [5.41, 5.74) is 1.25. The van der Waals surface area contributed by atoms with Crippen molar-refractivity contribution < 1.29 is 13.5 Å². The first-order valence-corrected chi connectivity index (χ1v) is 8.53. The van der Waals surface area contributed by atoms with Gasteiger partial charge < -0.3 is 5.11 Å².